The van der Waals surface area contributed by atoms with Gasteiger partial charge in [-0.1, -0.05) is 31.2 Å². The molecule has 0 bridgehead atoms. The number of esters is 1. The minimum Gasteiger partial charge on any atom is -0.452 e. The topological polar surface area (TPSA) is 68.3 Å². The quantitative estimate of drug-likeness (QED) is 0.602. The number of nitrogens with zero attached hydrogens (tertiary/aromatic N) is 1. The number of nitrogens with one attached hydrogen (secondary N) is 1. The minimum absolute atomic E-state index is 0.364. The Bertz CT molecular complexity index is 1020. The maximum atomic E-state index is 12.6. The van der Waals surface area contributed by atoms with Crippen molar-refractivity contribution >= 4 is 44.4 Å². The summed E-state index contributed by atoms with van der Waals surface area (Å²) >= 11 is 3.41. The zero-order chi connectivity index (χ0) is 19.4. The van der Waals surface area contributed by atoms with Crippen LogP contribution in [0.5, 0.6) is 0 Å². The molecule has 0 radical (unpaired) electrons. The van der Waals surface area contributed by atoms with Gasteiger partial charge in [-0.05, 0) is 59.1 Å². The summed E-state index contributed by atoms with van der Waals surface area (Å²) in [5, 5.41) is 3.44. The number of anilines is 1. The van der Waals surface area contributed by atoms with Gasteiger partial charge in [-0.25, -0.2) is 4.79 Å². The van der Waals surface area contributed by atoms with Gasteiger partial charge in [0.2, 0.25) is 0 Å². The molecule has 6 heteroatoms. The number of pyridine rings is 1. The van der Waals surface area contributed by atoms with E-state index in [1.165, 1.54) is 0 Å². The first-order chi connectivity index (χ1) is 13.0. The summed E-state index contributed by atoms with van der Waals surface area (Å²) in [4.78, 5) is 29.2. The van der Waals surface area contributed by atoms with Crippen LogP contribution < -0.4 is 5.32 Å². The second kappa shape index (κ2) is 8.31. The van der Waals surface area contributed by atoms with Crippen LogP contribution in [0, 0.1) is 6.92 Å². The molecule has 138 valence electrons. The first-order valence-electron chi connectivity index (χ1n) is 8.59. The molecule has 0 aliphatic rings. The van der Waals surface area contributed by atoms with Crippen molar-refractivity contribution in [3.05, 3.63) is 69.8 Å². The van der Waals surface area contributed by atoms with Gasteiger partial charge in [-0.2, -0.15) is 0 Å². The second-order valence-corrected chi connectivity index (χ2v) is 6.99. The van der Waals surface area contributed by atoms with Crippen LogP contribution in [0.1, 0.15) is 28.5 Å². The molecular formula is C21H19BrN2O3. The van der Waals surface area contributed by atoms with E-state index in [4.69, 9.17) is 4.74 Å². The first-order valence-corrected chi connectivity index (χ1v) is 9.39. The van der Waals surface area contributed by atoms with E-state index in [-0.39, 0.29) is 6.61 Å². The lowest BCUT2D eigenvalue weighted by Gasteiger charge is -2.10. The molecule has 0 fully saturated rings. The van der Waals surface area contributed by atoms with Crippen LogP contribution in [-0.4, -0.2) is 23.5 Å². The summed E-state index contributed by atoms with van der Waals surface area (Å²) in [6, 6.07) is 14.7. The van der Waals surface area contributed by atoms with Gasteiger partial charge in [0.25, 0.3) is 5.91 Å². The number of para-hydroxylation sites is 1. The summed E-state index contributed by atoms with van der Waals surface area (Å²) in [7, 11) is 0. The number of hydrogen-bond acceptors (Lipinski definition) is 4. The maximum absolute atomic E-state index is 12.6. The minimum atomic E-state index is -0.540. The van der Waals surface area contributed by atoms with E-state index < -0.39 is 11.9 Å². The van der Waals surface area contributed by atoms with Crippen LogP contribution in [0.2, 0.25) is 0 Å². The number of aromatic nitrogens is 1. The van der Waals surface area contributed by atoms with Gasteiger partial charge in [0.1, 0.15) is 0 Å². The number of rotatable bonds is 5. The molecule has 0 spiro atoms. The first kappa shape index (κ1) is 19.0. The Balaban J connectivity index is 1.72. The van der Waals surface area contributed by atoms with Crippen molar-refractivity contribution < 1.29 is 14.3 Å². The van der Waals surface area contributed by atoms with Crippen molar-refractivity contribution in [3.63, 3.8) is 0 Å². The van der Waals surface area contributed by atoms with Crippen molar-refractivity contribution in [3.8, 4) is 0 Å². The molecule has 1 amide bonds. The van der Waals surface area contributed by atoms with E-state index in [9.17, 15) is 9.59 Å². The Morgan fingerprint density at radius 3 is 2.67 bits per heavy atom. The average molecular weight is 427 g/mol. The molecule has 1 heterocycles. The maximum Gasteiger partial charge on any atom is 0.339 e. The van der Waals surface area contributed by atoms with Crippen LogP contribution in [0.4, 0.5) is 5.69 Å². The number of carbonyl (C=O) groups excluding carboxylic acids is 2. The number of amides is 1. The van der Waals surface area contributed by atoms with Gasteiger partial charge >= 0.3 is 5.97 Å². The molecule has 5 nitrogen and oxygen atoms in total. The highest BCUT2D eigenvalue weighted by molar-refractivity contribution is 9.10. The van der Waals surface area contributed by atoms with Gasteiger partial charge in [-0.3, -0.25) is 9.78 Å². The number of hydrogen-bond donors (Lipinski definition) is 1. The summed E-state index contributed by atoms with van der Waals surface area (Å²) in [5.41, 5.74) is 3.65. The Labute approximate surface area is 165 Å². The highest BCUT2D eigenvalue weighted by atomic mass is 79.9. The summed E-state index contributed by atoms with van der Waals surface area (Å²) in [5.74, 6) is -0.941. The van der Waals surface area contributed by atoms with Gasteiger partial charge in [-0.15, -0.1) is 0 Å². The third-order valence-electron chi connectivity index (χ3n) is 4.08. The average Bonchev–Trinajstić information content (AvgIpc) is 2.67. The SMILES string of the molecule is CCc1cc(C(=O)OCC(=O)Nc2ccc(C)cc2Br)c2ccccc2n1. The lowest BCUT2D eigenvalue weighted by molar-refractivity contribution is -0.119. The van der Waals surface area contributed by atoms with E-state index in [0.29, 0.717) is 23.1 Å². The second-order valence-electron chi connectivity index (χ2n) is 6.14. The summed E-state index contributed by atoms with van der Waals surface area (Å²) in [6.45, 7) is 3.57. The Morgan fingerprint density at radius 2 is 1.93 bits per heavy atom. The zero-order valence-electron chi connectivity index (χ0n) is 15.1. The lowest BCUT2D eigenvalue weighted by Crippen LogP contribution is -2.21. The molecule has 0 saturated heterocycles. The van der Waals surface area contributed by atoms with Crippen LogP contribution in [0.3, 0.4) is 0 Å². The zero-order valence-corrected chi connectivity index (χ0v) is 16.7. The normalized spacial score (nSPS) is 10.6. The molecule has 27 heavy (non-hydrogen) atoms. The number of fused-ring (bicyclic) bond motifs is 1. The van der Waals surface area contributed by atoms with E-state index in [1.807, 2.05) is 50.2 Å². The predicted molar refractivity (Wildman–Crippen MR) is 109 cm³/mol. The fourth-order valence-corrected chi connectivity index (χ4v) is 3.29. The van der Waals surface area contributed by atoms with Crippen LogP contribution in [-0.2, 0) is 16.0 Å². The fourth-order valence-electron chi connectivity index (χ4n) is 2.70. The highest BCUT2D eigenvalue weighted by Crippen LogP contribution is 2.23. The molecule has 0 aliphatic carbocycles. The van der Waals surface area contributed by atoms with Gasteiger partial charge in [0.05, 0.1) is 16.8 Å². The molecule has 3 aromatic rings. The summed E-state index contributed by atoms with van der Waals surface area (Å²) < 4.78 is 6.01. The molecule has 0 saturated carbocycles. The van der Waals surface area contributed by atoms with Crippen molar-refractivity contribution in [2.24, 2.45) is 0 Å². The predicted octanol–water partition coefficient (Wildman–Crippen LogP) is 4.66. The summed E-state index contributed by atoms with van der Waals surface area (Å²) in [6.07, 6.45) is 0.701. The van der Waals surface area contributed by atoms with E-state index >= 15 is 0 Å². The number of aryl methyl sites for hydroxylation is 2. The van der Waals surface area contributed by atoms with Crippen LogP contribution in [0.15, 0.2) is 53.0 Å². The smallest absolute Gasteiger partial charge is 0.339 e. The van der Waals surface area contributed by atoms with Crippen molar-refractivity contribution in [2.45, 2.75) is 20.3 Å². The van der Waals surface area contributed by atoms with Crippen molar-refractivity contribution in [1.29, 1.82) is 0 Å². The van der Waals surface area contributed by atoms with Gasteiger partial charge in [0.15, 0.2) is 6.61 Å². The van der Waals surface area contributed by atoms with Gasteiger partial charge < -0.3 is 10.1 Å². The van der Waals surface area contributed by atoms with Gasteiger partial charge in [0, 0.05) is 15.6 Å². The van der Waals surface area contributed by atoms with E-state index in [2.05, 4.69) is 26.2 Å². The highest BCUT2D eigenvalue weighted by Gasteiger charge is 2.16. The fraction of sp³-hybridized carbons (Fsp3) is 0.190. The monoisotopic (exact) mass is 426 g/mol. The third kappa shape index (κ3) is 4.52. The number of halogens is 1. The molecule has 2 aromatic carbocycles. The van der Waals surface area contributed by atoms with E-state index in [0.717, 1.165) is 21.2 Å². The molecule has 0 aliphatic heterocycles. The molecule has 3 rings (SSSR count). The van der Waals surface area contributed by atoms with Crippen molar-refractivity contribution in [1.82, 2.24) is 4.98 Å². The molecule has 1 aromatic heterocycles. The third-order valence-corrected chi connectivity index (χ3v) is 4.74. The Hall–Kier alpha value is -2.73. The van der Waals surface area contributed by atoms with Crippen LogP contribution in [0.25, 0.3) is 10.9 Å². The number of carbonyl (C=O) groups is 2. The Kier molecular flexibility index (Phi) is 5.86. The molecular weight excluding hydrogens is 408 g/mol. The number of benzene rings is 2. The molecule has 1 N–H and O–H groups in total. The van der Waals surface area contributed by atoms with E-state index in [1.54, 1.807) is 12.1 Å². The largest absolute Gasteiger partial charge is 0.452 e. The Morgan fingerprint density at radius 1 is 1.15 bits per heavy atom. The lowest BCUT2D eigenvalue weighted by atomic mass is 10.1. The molecule has 0 atom stereocenters. The van der Waals surface area contributed by atoms with Crippen LogP contribution >= 0.6 is 15.9 Å². The van der Waals surface area contributed by atoms with Crippen molar-refractivity contribution in [2.75, 3.05) is 11.9 Å². The standard InChI is InChI=1S/C21H19BrN2O3/c1-3-14-11-16(15-6-4-5-7-18(15)23-14)21(26)27-12-20(25)24-19-9-8-13(2)10-17(19)22/h4-11H,3,12H2,1-2H3,(H,24,25). The molecule has 0 unspecified atom stereocenters. The number of ether oxygens (including phenoxy) is 1.